The Bertz CT molecular complexity index is 250. The molecule has 0 aromatic rings. The zero-order chi connectivity index (χ0) is 12.0. The lowest BCUT2D eigenvalue weighted by Crippen LogP contribution is -2.47. The zero-order valence-corrected chi connectivity index (χ0v) is 10.0. The van der Waals surface area contributed by atoms with Gasteiger partial charge in [-0.3, -0.25) is 14.9 Å². The number of amides is 2. The van der Waals surface area contributed by atoms with Crippen LogP contribution in [0.4, 0.5) is 0 Å². The number of nitrogens with one attached hydrogen (secondary N) is 3. The van der Waals surface area contributed by atoms with Crippen LogP contribution in [0.1, 0.15) is 32.6 Å². The van der Waals surface area contributed by atoms with Crippen LogP contribution in [0.25, 0.3) is 0 Å². The Morgan fingerprint density at radius 1 is 1.31 bits per heavy atom. The highest BCUT2D eigenvalue weighted by molar-refractivity contribution is 5.83. The van der Waals surface area contributed by atoms with Gasteiger partial charge >= 0.3 is 0 Å². The van der Waals surface area contributed by atoms with Crippen molar-refractivity contribution in [2.75, 3.05) is 13.6 Å². The normalized spacial score (nSPS) is 18.1. The molecule has 1 atom stereocenters. The molecule has 92 valence electrons. The summed E-state index contributed by atoms with van der Waals surface area (Å²) in [6.45, 7) is 1.95. The van der Waals surface area contributed by atoms with Crippen LogP contribution in [0.3, 0.4) is 0 Å². The van der Waals surface area contributed by atoms with Gasteiger partial charge in [0.1, 0.15) is 0 Å². The fourth-order valence-electron chi connectivity index (χ4n) is 1.82. The standard InChI is InChI=1S/C11H21N3O2/c1-8(13-7-10(15)12-2)11(16)14-9-5-3-4-6-9/h8-9,13H,3-7H2,1-2H3,(H,12,15)(H,14,16). The molecule has 5 heteroatoms. The van der Waals surface area contributed by atoms with E-state index in [4.69, 9.17) is 0 Å². The summed E-state index contributed by atoms with van der Waals surface area (Å²) in [5.41, 5.74) is 0. The Labute approximate surface area is 96.4 Å². The van der Waals surface area contributed by atoms with E-state index < -0.39 is 0 Å². The fourth-order valence-corrected chi connectivity index (χ4v) is 1.82. The molecule has 1 unspecified atom stereocenters. The molecule has 0 bridgehead atoms. The average Bonchev–Trinajstić information content (AvgIpc) is 2.77. The summed E-state index contributed by atoms with van der Waals surface area (Å²) in [5, 5.41) is 8.37. The van der Waals surface area contributed by atoms with E-state index >= 15 is 0 Å². The Morgan fingerprint density at radius 3 is 2.50 bits per heavy atom. The molecule has 0 aliphatic heterocycles. The predicted octanol–water partition coefficient (Wildman–Crippen LogP) is -0.231. The van der Waals surface area contributed by atoms with E-state index in [1.807, 2.05) is 0 Å². The molecule has 0 saturated heterocycles. The Kier molecular flexibility index (Phi) is 5.25. The topological polar surface area (TPSA) is 70.2 Å². The van der Waals surface area contributed by atoms with Crippen molar-refractivity contribution in [1.29, 1.82) is 0 Å². The molecule has 0 aromatic heterocycles. The number of likely N-dealkylation sites (N-methyl/N-ethyl adjacent to an activating group) is 1. The highest BCUT2D eigenvalue weighted by Crippen LogP contribution is 2.17. The van der Waals surface area contributed by atoms with Crippen molar-refractivity contribution in [3.63, 3.8) is 0 Å². The van der Waals surface area contributed by atoms with Gasteiger partial charge in [0, 0.05) is 13.1 Å². The number of hydrogen-bond acceptors (Lipinski definition) is 3. The van der Waals surface area contributed by atoms with Crippen LogP contribution < -0.4 is 16.0 Å². The van der Waals surface area contributed by atoms with Crippen LogP contribution >= 0.6 is 0 Å². The third-order valence-electron chi connectivity index (χ3n) is 2.94. The Hall–Kier alpha value is -1.10. The van der Waals surface area contributed by atoms with E-state index in [2.05, 4.69) is 16.0 Å². The maximum Gasteiger partial charge on any atom is 0.237 e. The van der Waals surface area contributed by atoms with Gasteiger partial charge < -0.3 is 10.6 Å². The van der Waals surface area contributed by atoms with Gasteiger partial charge in [-0.1, -0.05) is 12.8 Å². The molecular formula is C11H21N3O2. The highest BCUT2D eigenvalue weighted by atomic mass is 16.2. The van der Waals surface area contributed by atoms with E-state index in [-0.39, 0.29) is 24.4 Å². The first kappa shape index (κ1) is 13.0. The number of hydrogen-bond donors (Lipinski definition) is 3. The molecule has 2 amide bonds. The summed E-state index contributed by atoms with van der Waals surface area (Å²) < 4.78 is 0. The van der Waals surface area contributed by atoms with Gasteiger partial charge in [-0.2, -0.15) is 0 Å². The van der Waals surface area contributed by atoms with Crippen molar-refractivity contribution in [2.45, 2.75) is 44.7 Å². The second kappa shape index (κ2) is 6.48. The molecule has 3 N–H and O–H groups in total. The van der Waals surface area contributed by atoms with Crippen molar-refractivity contribution < 1.29 is 9.59 Å². The Morgan fingerprint density at radius 2 is 1.94 bits per heavy atom. The second-order valence-corrected chi connectivity index (χ2v) is 4.27. The molecule has 1 saturated carbocycles. The summed E-state index contributed by atoms with van der Waals surface area (Å²) in [7, 11) is 1.58. The molecule has 0 aromatic carbocycles. The van der Waals surface area contributed by atoms with Gasteiger partial charge in [-0.05, 0) is 19.8 Å². The van der Waals surface area contributed by atoms with Crippen molar-refractivity contribution in [3.05, 3.63) is 0 Å². The van der Waals surface area contributed by atoms with Gasteiger partial charge in [0.2, 0.25) is 11.8 Å². The summed E-state index contributed by atoms with van der Waals surface area (Å²) in [4.78, 5) is 22.7. The van der Waals surface area contributed by atoms with Crippen LogP contribution in [-0.4, -0.2) is 37.5 Å². The summed E-state index contributed by atoms with van der Waals surface area (Å²) in [6.07, 6.45) is 4.55. The summed E-state index contributed by atoms with van der Waals surface area (Å²) in [5.74, 6) is -0.128. The smallest absolute Gasteiger partial charge is 0.237 e. The molecule has 1 fully saturated rings. The lowest BCUT2D eigenvalue weighted by molar-refractivity contribution is -0.124. The van der Waals surface area contributed by atoms with Crippen molar-refractivity contribution in [1.82, 2.24) is 16.0 Å². The van der Waals surface area contributed by atoms with Crippen molar-refractivity contribution in [2.24, 2.45) is 0 Å². The maximum atomic E-state index is 11.7. The average molecular weight is 227 g/mol. The summed E-state index contributed by atoms with van der Waals surface area (Å²) >= 11 is 0. The minimum atomic E-state index is -0.321. The van der Waals surface area contributed by atoms with Crippen molar-refractivity contribution in [3.8, 4) is 0 Å². The third-order valence-corrected chi connectivity index (χ3v) is 2.94. The fraction of sp³-hybridized carbons (Fsp3) is 0.818. The first-order valence-electron chi connectivity index (χ1n) is 5.88. The SMILES string of the molecule is CNC(=O)CNC(C)C(=O)NC1CCCC1. The van der Waals surface area contributed by atoms with E-state index in [0.29, 0.717) is 6.04 Å². The molecule has 0 heterocycles. The quantitative estimate of drug-likeness (QED) is 0.607. The molecule has 0 radical (unpaired) electrons. The maximum absolute atomic E-state index is 11.7. The highest BCUT2D eigenvalue weighted by Gasteiger charge is 2.20. The van der Waals surface area contributed by atoms with Gasteiger partial charge in [-0.15, -0.1) is 0 Å². The number of carbonyl (C=O) groups excluding carboxylic acids is 2. The van der Waals surface area contributed by atoms with Crippen molar-refractivity contribution >= 4 is 11.8 Å². The third kappa shape index (κ3) is 4.18. The minimum Gasteiger partial charge on any atom is -0.358 e. The number of rotatable bonds is 5. The largest absolute Gasteiger partial charge is 0.358 e. The van der Waals surface area contributed by atoms with Crippen LogP contribution in [-0.2, 0) is 9.59 Å². The zero-order valence-electron chi connectivity index (χ0n) is 10.0. The van der Waals surface area contributed by atoms with Gasteiger partial charge in [-0.25, -0.2) is 0 Å². The molecule has 0 spiro atoms. The first-order chi connectivity index (χ1) is 7.63. The molecule has 1 aliphatic carbocycles. The van der Waals surface area contributed by atoms with E-state index in [9.17, 15) is 9.59 Å². The second-order valence-electron chi connectivity index (χ2n) is 4.27. The minimum absolute atomic E-state index is 0.0178. The van der Waals surface area contributed by atoms with E-state index in [1.54, 1.807) is 14.0 Å². The van der Waals surface area contributed by atoms with E-state index in [1.165, 1.54) is 12.8 Å². The molecule has 1 rings (SSSR count). The first-order valence-corrected chi connectivity index (χ1v) is 5.88. The number of carbonyl (C=O) groups is 2. The van der Waals surface area contributed by atoms with Crippen LogP contribution in [0.15, 0.2) is 0 Å². The van der Waals surface area contributed by atoms with Crippen LogP contribution in [0, 0.1) is 0 Å². The lowest BCUT2D eigenvalue weighted by atomic mass is 10.2. The van der Waals surface area contributed by atoms with Crippen LogP contribution in [0.2, 0.25) is 0 Å². The van der Waals surface area contributed by atoms with E-state index in [0.717, 1.165) is 12.8 Å². The monoisotopic (exact) mass is 227 g/mol. The molecular weight excluding hydrogens is 206 g/mol. The van der Waals surface area contributed by atoms with Gasteiger partial charge in [0.15, 0.2) is 0 Å². The van der Waals surface area contributed by atoms with Crippen LogP contribution in [0.5, 0.6) is 0 Å². The lowest BCUT2D eigenvalue weighted by Gasteiger charge is -2.17. The van der Waals surface area contributed by atoms with Gasteiger partial charge in [0.25, 0.3) is 0 Å². The Balaban J connectivity index is 2.21. The summed E-state index contributed by atoms with van der Waals surface area (Å²) in [6, 6.07) is 0.00894. The predicted molar refractivity (Wildman–Crippen MR) is 61.9 cm³/mol. The molecule has 1 aliphatic rings. The molecule has 16 heavy (non-hydrogen) atoms. The molecule has 5 nitrogen and oxygen atoms in total. The van der Waals surface area contributed by atoms with Gasteiger partial charge in [0.05, 0.1) is 12.6 Å².